The van der Waals surface area contributed by atoms with Gasteiger partial charge in [-0.1, -0.05) is 18.2 Å². The number of benzene rings is 1. The van der Waals surface area contributed by atoms with E-state index >= 15 is 0 Å². The van der Waals surface area contributed by atoms with Crippen molar-refractivity contribution >= 4 is 10.0 Å². The normalized spacial score (nSPS) is 22.1. The van der Waals surface area contributed by atoms with Gasteiger partial charge in [0.2, 0.25) is 10.0 Å². The first kappa shape index (κ1) is 15.0. The average molecular weight is 311 g/mol. The summed E-state index contributed by atoms with van der Waals surface area (Å²) in [6.45, 7) is 3.02. The summed E-state index contributed by atoms with van der Waals surface area (Å²) in [5.74, 6) is 0. The zero-order valence-corrected chi connectivity index (χ0v) is 13.1. The molecule has 21 heavy (non-hydrogen) atoms. The topological polar surface area (TPSA) is 55.8 Å². The highest BCUT2D eigenvalue weighted by atomic mass is 32.2. The lowest BCUT2D eigenvalue weighted by molar-refractivity contribution is -0.0477. The highest BCUT2D eigenvalue weighted by Crippen LogP contribution is 2.42. The molecule has 2 fully saturated rings. The van der Waals surface area contributed by atoms with Crippen LogP contribution in [0.4, 0.5) is 0 Å². The predicted molar refractivity (Wildman–Crippen MR) is 78.4 cm³/mol. The molecule has 0 bridgehead atoms. The Kier molecular flexibility index (Phi) is 4.05. The summed E-state index contributed by atoms with van der Waals surface area (Å²) in [6, 6.07) is 7.07. The Hall–Kier alpha value is -0.950. The van der Waals surface area contributed by atoms with Crippen LogP contribution < -0.4 is 0 Å². The molecule has 2 aliphatic heterocycles. The summed E-state index contributed by atoms with van der Waals surface area (Å²) in [7, 11) is -1.84. The monoisotopic (exact) mass is 311 g/mol. The molecule has 0 saturated carbocycles. The maximum atomic E-state index is 12.8. The van der Waals surface area contributed by atoms with Crippen molar-refractivity contribution in [2.45, 2.75) is 24.3 Å². The molecule has 0 aromatic heterocycles. The minimum absolute atomic E-state index is 0.140. The summed E-state index contributed by atoms with van der Waals surface area (Å²) in [5, 5.41) is 0. The van der Waals surface area contributed by atoms with Crippen LogP contribution in [0.5, 0.6) is 0 Å². The lowest BCUT2D eigenvalue weighted by Gasteiger charge is -2.51. The van der Waals surface area contributed by atoms with Gasteiger partial charge in [-0.25, -0.2) is 8.42 Å². The van der Waals surface area contributed by atoms with Crippen LogP contribution in [-0.4, -0.2) is 46.1 Å². The van der Waals surface area contributed by atoms with Crippen molar-refractivity contribution in [1.29, 1.82) is 0 Å². The van der Waals surface area contributed by atoms with Crippen molar-refractivity contribution in [2.24, 2.45) is 5.41 Å². The molecule has 1 aromatic rings. The van der Waals surface area contributed by atoms with E-state index in [0.717, 1.165) is 26.1 Å². The third-order valence-electron chi connectivity index (χ3n) is 4.47. The minimum atomic E-state index is -3.42. The lowest BCUT2D eigenvalue weighted by atomic mass is 9.75. The molecule has 116 valence electrons. The van der Waals surface area contributed by atoms with Gasteiger partial charge in [-0.3, -0.25) is 0 Å². The van der Waals surface area contributed by atoms with Crippen LogP contribution in [0.2, 0.25) is 0 Å². The zero-order valence-electron chi connectivity index (χ0n) is 12.2. The van der Waals surface area contributed by atoms with Crippen molar-refractivity contribution in [2.75, 3.05) is 33.4 Å². The van der Waals surface area contributed by atoms with Gasteiger partial charge < -0.3 is 9.47 Å². The standard InChI is InChI=1S/C15H21NO4S/c1-19-10-13-4-2-3-5-14(13)21(17,18)16-11-15(12-16)6-8-20-9-7-15/h2-5H,6-12H2,1H3. The van der Waals surface area contributed by atoms with Gasteiger partial charge in [-0.2, -0.15) is 4.31 Å². The number of ether oxygens (including phenoxy) is 2. The molecule has 2 heterocycles. The Labute approximate surface area is 125 Å². The van der Waals surface area contributed by atoms with Gasteiger partial charge in [0, 0.05) is 38.8 Å². The molecule has 0 unspecified atom stereocenters. The fourth-order valence-corrected chi connectivity index (χ4v) is 5.04. The van der Waals surface area contributed by atoms with Crippen LogP contribution >= 0.6 is 0 Å². The SMILES string of the molecule is COCc1ccccc1S(=O)(=O)N1CC2(CCOCC2)C1. The van der Waals surface area contributed by atoms with Crippen LogP contribution in [0, 0.1) is 5.41 Å². The number of rotatable bonds is 4. The highest BCUT2D eigenvalue weighted by Gasteiger charge is 2.49. The highest BCUT2D eigenvalue weighted by molar-refractivity contribution is 7.89. The molecule has 0 N–H and O–H groups in total. The fourth-order valence-electron chi connectivity index (χ4n) is 3.16. The van der Waals surface area contributed by atoms with E-state index in [2.05, 4.69) is 0 Å². The second kappa shape index (κ2) is 5.68. The Morgan fingerprint density at radius 3 is 2.57 bits per heavy atom. The van der Waals surface area contributed by atoms with Crippen LogP contribution in [0.3, 0.4) is 0 Å². The Bertz CT molecular complexity index is 600. The van der Waals surface area contributed by atoms with Crippen molar-refractivity contribution in [3.63, 3.8) is 0 Å². The van der Waals surface area contributed by atoms with Crippen molar-refractivity contribution in [3.05, 3.63) is 29.8 Å². The van der Waals surface area contributed by atoms with Crippen molar-refractivity contribution < 1.29 is 17.9 Å². The van der Waals surface area contributed by atoms with Gasteiger partial charge in [0.1, 0.15) is 0 Å². The first-order valence-electron chi connectivity index (χ1n) is 7.22. The number of nitrogens with zero attached hydrogens (tertiary/aromatic N) is 1. The first-order chi connectivity index (χ1) is 10.1. The van der Waals surface area contributed by atoms with E-state index in [-0.39, 0.29) is 5.41 Å². The Balaban J connectivity index is 1.79. The summed E-state index contributed by atoms with van der Waals surface area (Å²) in [6.07, 6.45) is 1.91. The van der Waals surface area contributed by atoms with Gasteiger partial charge in [0.15, 0.2) is 0 Å². The first-order valence-corrected chi connectivity index (χ1v) is 8.66. The molecule has 2 aliphatic rings. The number of hydrogen-bond acceptors (Lipinski definition) is 4. The third kappa shape index (κ3) is 2.73. The van der Waals surface area contributed by atoms with E-state index in [1.54, 1.807) is 29.6 Å². The summed E-state index contributed by atoms with van der Waals surface area (Å²) < 4.78 is 37.6. The largest absolute Gasteiger partial charge is 0.381 e. The van der Waals surface area contributed by atoms with Crippen LogP contribution in [-0.2, 0) is 26.1 Å². The Morgan fingerprint density at radius 2 is 1.90 bits per heavy atom. The second-order valence-corrected chi connectivity index (χ2v) is 7.83. The van der Waals surface area contributed by atoms with Gasteiger partial charge in [0.25, 0.3) is 0 Å². The van der Waals surface area contributed by atoms with E-state index in [1.165, 1.54) is 0 Å². The van der Waals surface area contributed by atoms with Gasteiger partial charge in [0.05, 0.1) is 11.5 Å². The molecule has 1 spiro atoms. The molecule has 0 amide bonds. The van der Waals surface area contributed by atoms with E-state index < -0.39 is 10.0 Å². The third-order valence-corrected chi connectivity index (χ3v) is 6.36. The number of hydrogen-bond donors (Lipinski definition) is 0. The zero-order chi connectivity index (χ0) is 14.9. The maximum Gasteiger partial charge on any atom is 0.243 e. The summed E-state index contributed by atoms with van der Waals surface area (Å²) in [5.41, 5.74) is 0.856. The van der Waals surface area contributed by atoms with E-state index in [0.29, 0.717) is 30.2 Å². The quantitative estimate of drug-likeness (QED) is 0.848. The molecule has 2 saturated heterocycles. The molecule has 0 aliphatic carbocycles. The summed E-state index contributed by atoms with van der Waals surface area (Å²) in [4.78, 5) is 0.369. The molecule has 1 aromatic carbocycles. The Morgan fingerprint density at radius 1 is 1.24 bits per heavy atom. The minimum Gasteiger partial charge on any atom is -0.381 e. The molecule has 3 rings (SSSR count). The van der Waals surface area contributed by atoms with Gasteiger partial charge in [-0.05, 0) is 24.5 Å². The van der Waals surface area contributed by atoms with Crippen molar-refractivity contribution in [3.8, 4) is 0 Å². The molecule has 0 radical (unpaired) electrons. The maximum absolute atomic E-state index is 12.8. The molecular weight excluding hydrogens is 290 g/mol. The number of methoxy groups -OCH3 is 1. The fraction of sp³-hybridized carbons (Fsp3) is 0.600. The smallest absolute Gasteiger partial charge is 0.243 e. The lowest BCUT2D eigenvalue weighted by Crippen LogP contribution is -2.60. The van der Waals surface area contributed by atoms with Crippen LogP contribution in [0.1, 0.15) is 18.4 Å². The second-order valence-electron chi connectivity index (χ2n) is 5.93. The predicted octanol–water partition coefficient (Wildman–Crippen LogP) is 1.63. The molecule has 0 atom stereocenters. The van der Waals surface area contributed by atoms with Gasteiger partial charge in [-0.15, -0.1) is 0 Å². The van der Waals surface area contributed by atoms with Crippen molar-refractivity contribution in [1.82, 2.24) is 4.31 Å². The van der Waals surface area contributed by atoms with E-state index in [9.17, 15) is 8.42 Å². The summed E-state index contributed by atoms with van der Waals surface area (Å²) >= 11 is 0. The molecular formula is C15H21NO4S. The van der Waals surface area contributed by atoms with Gasteiger partial charge >= 0.3 is 0 Å². The van der Waals surface area contributed by atoms with Crippen LogP contribution in [0.15, 0.2) is 29.2 Å². The van der Waals surface area contributed by atoms with Crippen LogP contribution in [0.25, 0.3) is 0 Å². The van der Waals surface area contributed by atoms with E-state index in [4.69, 9.17) is 9.47 Å². The average Bonchev–Trinajstić information content (AvgIpc) is 2.46. The molecule has 5 nitrogen and oxygen atoms in total. The molecule has 6 heteroatoms. The number of sulfonamides is 1. The van der Waals surface area contributed by atoms with E-state index in [1.807, 2.05) is 6.07 Å².